The summed E-state index contributed by atoms with van der Waals surface area (Å²) in [5.41, 5.74) is 0.908. The van der Waals surface area contributed by atoms with E-state index in [4.69, 9.17) is 0 Å². The first kappa shape index (κ1) is 11.0. The van der Waals surface area contributed by atoms with E-state index >= 15 is 0 Å². The number of imidazole rings is 1. The number of hydrogen-bond acceptors (Lipinski definition) is 2. The quantitative estimate of drug-likeness (QED) is 0.692. The largest absolute Gasteiger partial charge is 0.328 e. The number of carbonyl (C=O) groups excluding carboxylic acids is 1. The van der Waals surface area contributed by atoms with E-state index in [1.54, 1.807) is 12.5 Å². The third-order valence-corrected chi connectivity index (χ3v) is 2.81. The molecule has 1 aromatic rings. The Morgan fingerprint density at radius 3 is 2.71 bits per heavy atom. The highest BCUT2D eigenvalue weighted by molar-refractivity contribution is 5.71. The molecule has 1 aromatic heterocycles. The van der Waals surface area contributed by atoms with Gasteiger partial charge in [0.05, 0.1) is 12.5 Å². The predicted octanol–water partition coefficient (Wildman–Crippen LogP) is 2.38. The first-order valence-corrected chi connectivity index (χ1v) is 4.90. The second-order valence-electron chi connectivity index (χ2n) is 4.86. The molecule has 1 rings (SSSR count). The molecule has 0 amide bonds. The average Bonchev–Trinajstić information content (AvgIpc) is 2.50. The maximum atomic E-state index is 10.7. The molecule has 1 atom stereocenters. The van der Waals surface area contributed by atoms with Crippen LogP contribution < -0.4 is 0 Å². The maximum Gasteiger partial charge on any atom is 0.168 e. The zero-order valence-electron chi connectivity index (χ0n) is 9.32. The van der Waals surface area contributed by atoms with Crippen molar-refractivity contribution in [1.82, 2.24) is 9.55 Å². The minimum Gasteiger partial charge on any atom is -0.328 e. The molecule has 78 valence electrons. The fraction of sp³-hybridized carbons (Fsp3) is 0.636. The van der Waals surface area contributed by atoms with Crippen molar-refractivity contribution in [2.24, 2.45) is 11.3 Å². The Morgan fingerprint density at radius 2 is 2.21 bits per heavy atom. The molecule has 0 radical (unpaired) electrons. The Labute approximate surface area is 85.2 Å². The van der Waals surface area contributed by atoms with Crippen LogP contribution in [0.3, 0.4) is 0 Å². The van der Waals surface area contributed by atoms with Gasteiger partial charge in [-0.05, 0) is 11.3 Å². The van der Waals surface area contributed by atoms with Gasteiger partial charge in [0.25, 0.3) is 0 Å². The molecule has 3 heteroatoms. The number of carbonyl (C=O) groups is 1. The lowest BCUT2D eigenvalue weighted by molar-refractivity contribution is 0.111. The monoisotopic (exact) mass is 194 g/mol. The molecule has 0 aromatic carbocycles. The summed E-state index contributed by atoms with van der Waals surface area (Å²) in [6, 6.07) is 0. The van der Waals surface area contributed by atoms with E-state index in [1.807, 2.05) is 4.57 Å². The summed E-state index contributed by atoms with van der Waals surface area (Å²) >= 11 is 0. The molecule has 1 heterocycles. The van der Waals surface area contributed by atoms with Gasteiger partial charge in [0.15, 0.2) is 6.29 Å². The van der Waals surface area contributed by atoms with E-state index < -0.39 is 0 Å². The van der Waals surface area contributed by atoms with E-state index in [-0.39, 0.29) is 5.41 Å². The van der Waals surface area contributed by atoms with Crippen LogP contribution in [0.1, 0.15) is 38.2 Å². The van der Waals surface area contributed by atoms with E-state index in [0.29, 0.717) is 11.6 Å². The van der Waals surface area contributed by atoms with Crippen LogP contribution in [0.4, 0.5) is 0 Å². The van der Waals surface area contributed by atoms with Crippen molar-refractivity contribution >= 4 is 6.29 Å². The first-order chi connectivity index (χ1) is 6.45. The zero-order chi connectivity index (χ0) is 10.8. The SMILES string of the molecule is CC(Cn1cncc1C=O)C(C)(C)C. The lowest BCUT2D eigenvalue weighted by Crippen LogP contribution is -2.22. The Balaban J connectivity index is 2.74. The molecule has 0 saturated heterocycles. The van der Waals surface area contributed by atoms with Gasteiger partial charge in [0.2, 0.25) is 0 Å². The Bertz CT molecular complexity index is 309. The van der Waals surface area contributed by atoms with Crippen LogP contribution in [0.2, 0.25) is 0 Å². The Hall–Kier alpha value is -1.12. The summed E-state index contributed by atoms with van der Waals surface area (Å²) in [6.07, 6.45) is 4.16. The summed E-state index contributed by atoms with van der Waals surface area (Å²) in [4.78, 5) is 14.6. The van der Waals surface area contributed by atoms with E-state index in [2.05, 4.69) is 32.7 Å². The van der Waals surface area contributed by atoms with Crippen molar-refractivity contribution in [2.45, 2.75) is 34.2 Å². The fourth-order valence-corrected chi connectivity index (χ4v) is 1.15. The van der Waals surface area contributed by atoms with Crippen LogP contribution in [0, 0.1) is 11.3 Å². The van der Waals surface area contributed by atoms with Gasteiger partial charge >= 0.3 is 0 Å². The molecule has 14 heavy (non-hydrogen) atoms. The summed E-state index contributed by atoms with van der Waals surface area (Å²) < 4.78 is 1.91. The fourth-order valence-electron chi connectivity index (χ4n) is 1.15. The van der Waals surface area contributed by atoms with Crippen LogP contribution in [-0.4, -0.2) is 15.8 Å². The Morgan fingerprint density at radius 1 is 1.57 bits per heavy atom. The van der Waals surface area contributed by atoms with E-state index in [9.17, 15) is 4.79 Å². The lowest BCUT2D eigenvalue weighted by atomic mass is 9.82. The summed E-state index contributed by atoms with van der Waals surface area (Å²) in [5, 5.41) is 0. The van der Waals surface area contributed by atoms with Crippen molar-refractivity contribution < 1.29 is 4.79 Å². The molecule has 1 unspecified atom stereocenters. The summed E-state index contributed by atoms with van der Waals surface area (Å²) in [7, 11) is 0. The van der Waals surface area contributed by atoms with Crippen molar-refractivity contribution in [2.75, 3.05) is 0 Å². The number of hydrogen-bond donors (Lipinski definition) is 0. The Kier molecular flexibility index (Phi) is 3.09. The van der Waals surface area contributed by atoms with Crippen LogP contribution in [-0.2, 0) is 6.54 Å². The van der Waals surface area contributed by atoms with E-state index in [1.165, 1.54) is 0 Å². The van der Waals surface area contributed by atoms with Gasteiger partial charge in [-0.25, -0.2) is 4.98 Å². The molecule has 0 aliphatic carbocycles. The smallest absolute Gasteiger partial charge is 0.168 e. The molecular formula is C11H18N2O. The second kappa shape index (κ2) is 3.95. The van der Waals surface area contributed by atoms with Crippen LogP contribution in [0.5, 0.6) is 0 Å². The van der Waals surface area contributed by atoms with Gasteiger partial charge in [-0.15, -0.1) is 0 Å². The molecule has 0 aliphatic rings. The number of aldehydes is 1. The molecule has 0 bridgehead atoms. The topological polar surface area (TPSA) is 34.9 Å². The van der Waals surface area contributed by atoms with Crippen LogP contribution in [0.15, 0.2) is 12.5 Å². The van der Waals surface area contributed by atoms with Crippen LogP contribution in [0.25, 0.3) is 0 Å². The molecule has 3 nitrogen and oxygen atoms in total. The second-order valence-corrected chi connectivity index (χ2v) is 4.86. The molecule has 0 spiro atoms. The van der Waals surface area contributed by atoms with Crippen molar-refractivity contribution in [3.8, 4) is 0 Å². The van der Waals surface area contributed by atoms with Gasteiger partial charge in [-0.3, -0.25) is 4.79 Å². The standard InChI is InChI=1S/C11H18N2O/c1-9(11(2,3)4)6-13-8-12-5-10(13)7-14/h5,7-9H,6H2,1-4H3. The molecule has 0 N–H and O–H groups in total. The van der Waals surface area contributed by atoms with Crippen molar-refractivity contribution in [3.63, 3.8) is 0 Å². The van der Waals surface area contributed by atoms with E-state index in [0.717, 1.165) is 12.8 Å². The highest BCUT2D eigenvalue weighted by Gasteiger charge is 2.20. The highest BCUT2D eigenvalue weighted by Crippen LogP contribution is 2.26. The van der Waals surface area contributed by atoms with Gasteiger partial charge in [-0.2, -0.15) is 0 Å². The molecule has 0 saturated carbocycles. The maximum absolute atomic E-state index is 10.7. The minimum atomic E-state index is 0.254. The van der Waals surface area contributed by atoms with Gasteiger partial charge in [0, 0.05) is 6.54 Å². The lowest BCUT2D eigenvalue weighted by Gasteiger charge is -2.27. The van der Waals surface area contributed by atoms with Crippen LogP contribution >= 0.6 is 0 Å². The van der Waals surface area contributed by atoms with Gasteiger partial charge in [-0.1, -0.05) is 27.7 Å². The van der Waals surface area contributed by atoms with Gasteiger partial charge in [0.1, 0.15) is 5.69 Å². The van der Waals surface area contributed by atoms with Crippen molar-refractivity contribution in [3.05, 3.63) is 18.2 Å². The minimum absolute atomic E-state index is 0.254. The predicted molar refractivity (Wildman–Crippen MR) is 56.2 cm³/mol. The third kappa shape index (κ3) is 2.44. The molecular weight excluding hydrogens is 176 g/mol. The van der Waals surface area contributed by atoms with Crippen molar-refractivity contribution in [1.29, 1.82) is 0 Å². The third-order valence-electron chi connectivity index (χ3n) is 2.81. The number of nitrogens with zero attached hydrogens (tertiary/aromatic N) is 2. The normalized spacial score (nSPS) is 14.0. The molecule has 0 aliphatic heterocycles. The highest BCUT2D eigenvalue weighted by atomic mass is 16.1. The first-order valence-electron chi connectivity index (χ1n) is 4.90. The zero-order valence-corrected chi connectivity index (χ0v) is 9.32. The number of aromatic nitrogens is 2. The average molecular weight is 194 g/mol. The molecule has 0 fully saturated rings. The summed E-state index contributed by atoms with van der Waals surface area (Å²) in [5.74, 6) is 0.510. The number of rotatable bonds is 3. The summed E-state index contributed by atoms with van der Waals surface area (Å²) in [6.45, 7) is 9.64. The van der Waals surface area contributed by atoms with Gasteiger partial charge < -0.3 is 4.57 Å².